The van der Waals surface area contributed by atoms with Crippen LogP contribution in [0.15, 0.2) is 16.6 Å². The van der Waals surface area contributed by atoms with Gasteiger partial charge >= 0.3 is 0 Å². The Morgan fingerprint density at radius 1 is 1.64 bits per heavy atom. The van der Waals surface area contributed by atoms with Crippen LogP contribution in [-0.2, 0) is 6.42 Å². The molecule has 14 heavy (non-hydrogen) atoms. The number of hydrogen-bond donors (Lipinski definition) is 2. The molecule has 76 valence electrons. The van der Waals surface area contributed by atoms with Gasteiger partial charge in [-0.15, -0.1) is 0 Å². The van der Waals surface area contributed by atoms with Crippen molar-refractivity contribution in [1.29, 1.82) is 0 Å². The highest BCUT2D eigenvalue weighted by molar-refractivity contribution is 9.10. The molecule has 0 saturated heterocycles. The van der Waals surface area contributed by atoms with Crippen LogP contribution in [0.5, 0.6) is 11.5 Å². The van der Waals surface area contributed by atoms with Crippen LogP contribution in [0, 0.1) is 0 Å². The van der Waals surface area contributed by atoms with Gasteiger partial charge in [-0.1, -0.05) is 18.3 Å². The van der Waals surface area contributed by atoms with Crippen molar-refractivity contribution in [3.63, 3.8) is 0 Å². The number of halogens is 1. The molecule has 0 aliphatic carbocycles. The second-order valence-corrected chi connectivity index (χ2v) is 4.05. The first-order chi connectivity index (χ1) is 6.56. The van der Waals surface area contributed by atoms with E-state index in [-0.39, 0.29) is 5.75 Å². The van der Waals surface area contributed by atoms with E-state index in [4.69, 9.17) is 22.7 Å². The molecule has 1 rings (SSSR count). The van der Waals surface area contributed by atoms with Gasteiger partial charge in [-0.2, -0.15) is 0 Å². The fraction of sp³-hybridized carbons (Fsp3) is 0.222. The fourth-order valence-corrected chi connectivity index (χ4v) is 1.70. The topological polar surface area (TPSA) is 55.5 Å². The van der Waals surface area contributed by atoms with Crippen LogP contribution in [0.1, 0.15) is 5.56 Å². The third kappa shape index (κ3) is 2.36. The standard InChI is InChI=1S/C9H10BrNO2S/c1-13-6-3-2-5(4-7(11)14)8(10)9(6)12/h2-3,12H,4H2,1H3,(H2,11,14). The van der Waals surface area contributed by atoms with Gasteiger partial charge in [-0.3, -0.25) is 0 Å². The lowest BCUT2D eigenvalue weighted by molar-refractivity contribution is 0.371. The van der Waals surface area contributed by atoms with Crippen molar-refractivity contribution >= 4 is 33.1 Å². The quantitative estimate of drug-likeness (QED) is 0.829. The van der Waals surface area contributed by atoms with Crippen molar-refractivity contribution in [1.82, 2.24) is 0 Å². The van der Waals surface area contributed by atoms with Gasteiger partial charge < -0.3 is 15.6 Å². The maximum Gasteiger partial charge on any atom is 0.172 e. The third-order valence-corrected chi connectivity index (χ3v) is 2.77. The molecule has 1 aromatic carbocycles. The summed E-state index contributed by atoms with van der Waals surface area (Å²) in [6.07, 6.45) is 0.452. The second kappa shape index (κ2) is 4.61. The average molecular weight is 276 g/mol. The van der Waals surface area contributed by atoms with Crippen molar-refractivity contribution in [3.05, 3.63) is 22.2 Å². The largest absolute Gasteiger partial charge is 0.503 e. The Morgan fingerprint density at radius 3 is 2.79 bits per heavy atom. The zero-order valence-electron chi connectivity index (χ0n) is 7.58. The highest BCUT2D eigenvalue weighted by Crippen LogP contribution is 2.36. The van der Waals surface area contributed by atoms with E-state index >= 15 is 0 Å². The molecule has 0 aliphatic heterocycles. The van der Waals surface area contributed by atoms with Crippen molar-refractivity contribution in [3.8, 4) is 11.5 Å². The van der Waals surface area contributed by atoms with E-state index in [9.17, 15) is 5.11 Å². The van der Waals surface area contributed by atoms with Gasteiger partial charge in [-0.05, 0) is 27.6 Å². The minimum absolute atomic E-state index is 0.0706. The van der Waals surface area contributed by atoms with Crippen LogP contribution in [0.4, 0.5) is 0 Å². The molecule has 0 aromatic heterocycles. The summed E-state index contributed by atoms with van der Waals surface area (Å²) < 4.78 is 5.52. The summed E-state index contributed by atoms with van der Waals surface area (Å²) in [6, 6.07) is 3.48. The molecule has 0 amide bonds. The van der Waals surface area contributed by atoms with Gasteiger partial charge in [0.1, 0.15) is 0 Å². The number of nitrogens with two attached hydrogens (primary N) is 1. The molecule has 0 bridgehead atoms. The van der Waals surface area contributed by atoms with Crippen molar-refractivity contribution in [2.24, 2.45) is 5.73 Å². The summed E-state index contributed by atoms with van der Waals surface area (Å²) in [7, 11) is 1.49. The summed E-state index contributed by atoms with van der Waals surface area (Å²) in [6.45, 7) is 0. The molecule has 1 aromatic rings. The van der Waals surface area contributed by atoms with Gasteiger partial charge in [0.15, 0.2) is 11.5 Å². The van der Waals surface area contributed by atoms with Gasteiger partial charge in [0.05, 0.1) is 16.6 Å². The van der Waals surface area contributed by atoms with Crippen LogP contribution < -0.4 is 10.5 Å². The molecular weight excluding hydrogens is 266 g/mol. The Hall–Kier alpha value is -0.810. The fourth-order valence-electron chi connectivity index (χ4n) is 1.08. The smallest absolute Gasteiger partial charge is 0.172 e. The van der Waals surface area contributed by atoms with E-state index in [1.165, 1.54) is 7.11 Å². The number of rotatable bonds is 3. The summed E-state index contributed by atoms with van der Waals surface area (Å²) >= 11 is 8.04. The number of phenols is 1. The Labute approximate surface area is 96.0 Å². The van der Waals surface area contributed by atoms with E-state index in [0.717, 1.165) is 5.56 Å². The van der Waals surface area contributed by atoms with E-state index in [0.29, 0.717) is 21.6 Å². The number of methoxy groups -OCH3 is 1. The molecule has 5 heteroatoms. The molecule has 0 atom stereocenters. The van der Waals surface area contributed by atoms with E-state index in [1.54, 1.807) is 6.07 Å². The highest BCUT2D eigenvalue weighted by atomic mass is 79.9. The zero-order valence-corrected chi connectivity index (χ0v) is 9.98. The zero-order chi connectivity index (χ0) is 10.7. The molecule has 0 unspecified atom stereocenters. The molecule has 0 radical (unpaired) electrons. The number of hydrogen-bond acceptors (Lipinski definition) is 3. The lowest BCUT2D eigenvalue weighted by Crippen LogP contribution is -2.11. The molecular formula is C9H10BrNO2S. The molecule has 0 heterocycles. The van der Waals surface area contributed by atoms with Crippen LogP contribution in [0.25, 0.3) is 0 Å². The summed E-state index contributed by atoms with van der Waals surface area (Å²) in [5, 5.41) is 9.64. The predicted octanol–water partition coefficient (Wildman–Crippen LogP) is 1.99. The molecule has 3 nitrogen and oxygen atoms in total. The maximum absolute atomic E-state index is 9.64. The van der Waals surface area contributed by atoms with Crippen molar-refractivity contribution in [2.75, 3.05) is 7.11 Å². The van der Waals surface area contributed by atoms with Crippen molar-refractivity contribution < 1.29 is 9.84 Å². The molecule has 0 saturated carbocycles. The maximum atomic E-state index is 9.64. The third-order valence-electron chi connectivity index (χ3n) is 1.74. The van der Waals surface area contributed by atoms with E-state index in [2.05, 4.69) is 15.9 Å². The minimum atomic E-state index is 0.0706. The van der Waals surface area contributed by atoms with Crippen LogP contribution in [0.2, 0.25) is 0 Å². The van der Waals surface area contributed by atoms with E-state index < -0.39 is 0 Å². The summed E-state index contributed by atoms with van der Waals surface area (Å²) in [5.41, 5.74) is 6.26. The number of ether oxygens (including phenoxy) is 1. The molecule has 0 spiro atoms. The lowest BCUT2D eigenvalue weighted by Gasteiger charge is -2.09. The first-order valence-electron chi connectivity index (χ1n) is 3.89. The Kier molecular flexibility index (Phi) is 3.71. The van der Waals surface area contributed by atoms with Crippen molar-refractivity contribution in [2.45, 2.75) is 6.42 Å². The van der Waals surface area contributed by atoms with Gasteiger partial charge in [0.2, 0.25) is 0 Å². The SMILES string of the molecule is COc1ccc(CC(N)=S)c(Br)c1O. The Balaban J connectivity index is 3.10. The Morgan fingerprint density at radius 2 is 2.29 bits per heavy atom. The average Bonchev–Trinajstić information content (AvgIpc) is 2.13. The molecule has 0 aliphatic rings. The van der Waals surface area contributed by atoms with Crippen LogP contribution in [-0.4, -0.2) is 17.2 Å². The lowest BCUT2D eigenvalue weighted by atomic mass is 10.1. The highest BCUT2D eigenvalue weighted by Gasteiger charge is 2.10. The number of aromatic hydroxyl groups is 1. The summed E-state index contributed by atoms with van der Waals surface area (Å²) in [4.78, 5) is 0.385. The van der Waals surface area contributed by atoms with Crippen LogP contribution in [0.3, 0.4) is 0 Å². The monoisotopic (exact) mass is 275 g/mol. The van der Waals surface area contributed by atoms with Gasteiger partial charge in [-0.25, -0.2) is 0 Å². The molecule has 0 fully saturated rings. The first-order valence-corrected chi connectivity index (χ1v) is 5.09. The number of thiocarbonyl (C=S) groups is 1. The first kappa shape index (κ1) is 11.3. The normalized spacial score (nSPS) is 9.86. The number of phenolic OH excluding ortho intramolecular Hbond substituents is 1. The van der Waals surface area contributed by atoms with E-state index in [1.807, 2.05) is 6.07 Å². The summed E-state index contributed by atoms with van der Waals surface area (Å²) in [5.74, 6) is 0.491. The van der Waals surface area contributed by atoms with Gasteiger partial charge in [0, 0.05) is 6.42 Å². The molecule has 3 N–H and O–H groups in total. The predicted molar refractivity (Wildman–Crippen MR) is 62.8 cm³/mol. The van der Waals surface area contributed by atoms with Crippen LogP contribution >= 0.6 is 28.1 Å². The Bertz CT molecular complexity index is 368. The number of benzene rings is 1. The van der Waals surface area contributed by atoms with Gasteiger partial charge in [0.25, 0.3) is 0 Å². The minimum Gasteiger partial charge on any atom is -0.503 e. The second-order valence-electron chi connectivity index (χ2n) is 2.73.